The van der Waals surface area contributed by atoms with Crippen molar-refractivity contribution in [1.82, 2.24) is 19.5 Å². The quantitative estimate of drug-likeness (QED) is 0.166. The average Bonchev–Trinajstić information content (AvgIpc) is 4.19. The molecule has 0 amide bonds. The molecule has 0 spiro atoms. The zero-order valence-electron chi connectivity index (χ0n) is 37.3. The lowest BCUT2D eigenvalue weighted by Gasteiger charge is -2.11. The molecule has 15 rings (SSSR count). The summed E-state index contributed by atoms with van der Waals surface area (Å²) in [6, 6.07) is 76.8. The van der Waals surface area contributed by atoms with Gasteiger partial charge in [0.2, 0.25) is 0 Å². The minimum absolute atomic E-state index is 0.582. The van der Waals surface area contributed by atoms with Gasteiger partial charge in [0.1, 0.15) is 22.3 Å². The summed E-state index contributed by atoms with van der Waals surface area (Å²) in [6.45, 7) is 0. The van der Waals surface area contributed by atoms with E-state index in [0.717, 1.165) is 109 Å². The first kappa shape index (κ1) is 38.9. The van der Waals surface area contributed by atoms with Gasteiger partial charge < -0.3 is 13.4 Å². The van der Waals surface area contributed by atoms with Gasteiger partial charge in [-0.2, -0.15) is 0 Å². The molecule has 0 aliphatic carbocycles. The lowest BCUT2D eigenvalue weighted by Crippen LogP contribution is -2.00. The summed E-state index contributed by atoms with van der Waals surface area (Å²) in [5, 5.41) is 9.01. The highest BCUT2D eigenvalue weighted by Crippen LogP contribution is 2.46. The third-order valence-corrected chi connectivity index (χ3v) is 15.0. The Morgan fingerprint density at radius 1 is 0.329 bits per heavy atom. The van der Waals surface area contributed by atoms with Crippen molar-refractivity contribution in [2.45, 2.75) is 0 Å². The van der Waals surface area contributed by atoms with Crippen LogP contribution in [0.1, 0.15) is 0 Å². The Balaban J connectivity index is 0.909. The van der Waals surface area contributed by atoms with E-state index in [-0.39, 0.29) is 0 Å². The molecule has 0 aliphatic rings. The summed E-state index contributed by atoms with van der Waals surface area (Å²) in [6.07, 6.45) is 0. The molecule has 5 heterocycles. The molecular formula is C63H36N4O2S. The van der Waals surface area contributed by atoms with Crippen molar-refractivity contribution in [3.8, 4) is 62.1 Å². The average molecular weight is 913 g/mol. The Morgan fingerprint density at radius 2 is 0.957 bits per heavy atom. The number of fused-ring (bicyclic) bond motifs is 12. The molecule has 15 aromatic rings. The van der Waals surface area contributed by atoms with Crippen molar-refractivity contribution in [2.75, 3.05) is 0 Å². The summed E-state index contributed by atoms with van der Waals surface area (Å²) in [5.41, 5.74) is 13.9. The number of para-hydroxylation sites is 4. The highest BCUT2D eigenvalue weighted by molar-refractivity contribution is 7.26. The van der Waals surface area contributed by atoms with E-state index in [4.69, 9.17) is 23.8 Å². The lowest BCUT2D eigenvalue weighted by molar-refractivity contribution is 0.669. The zero-order valence-corrected chi connectivity index (χ0v) is 38.1. The van der Waals surface area contributed by atoms with Gasteiger partial charge in [0, 0.05) is 80.4 Å². The SMILES string of the molecule is c1ccc(-c2nc(-c3ccc4c(c3)oc3ccccc34)nc(-c3cccc4sc5ccc(-c6ccc(-c7ccc8c9ccccc9n(-c9ccccc9)c8c7)c7oc8ccccc8c67)cc5c34)n2)cc1. The Bertz CT molecular complexity index is 4600. The van der Waals surface area contributed by atoms with Crippen LogP contribution in [0.4, 0.5) is 0 Å². The van der Waals surface area contributed by atoms with Crippen LogP contribution >= 0.6 is 11.3 Å². The first-order valence-corrected chi connectivity index (χ1v) is 24.2. The Labute approximate surface area is 404 Å². The lowest BCUT2D eigenvalue weighted by atomic mass is 9.93. The molecule has 0 N–H and O–H groups in total. The minimum atomic E-state index is 0.582. The molecule has 0 atom stereocenters. The second kappa shape index (κ2) is 15.2. The van der Waals surface area contributed by atoms with Crippen LogP contribution in [0.25, 0.3) is 148 Å². The van der Waals surface area contributed by atoms with E-state index >= 15 is 0 Å². The van der Waals surface area contributed by atoms with Crippen LogP contribution in [0.2, 0.25) is 0 Å². The molecule has 0 bridgehead atoms. The van der Waals surface area contributed by atoms with Gasteiger partial charge in [-0.15, -0.1) is 11.3 Å². The molecule has 0 saturated heterocycles. The molecular weight excluding hydrogens is 877 g/mol. The van der Waals surface area contributed by atoms with Crippen LogP contribution in [0.3, 0.4) is 0 Å². The normalized spacial score (nSPS) is 12.0. The standard InChI is InChI=1S/C63H36N4O2S/c1-3-14-37(15-4-1)61-64-62(40-27-30-47-46-19-8-11-23-53(46)68-55(47)36-40)66-63(65-61)49-21-13-25-57-58(49)50-34-38(28-33-56(50)70-57)42-31-32-43(60-59(42)48-20-9-12-24-54(48)69-60)39-26-29-45-44-18-7-10-22-51(44)67(52(45)35-39)41-16-5-2-6-17-41/h1-36H. The third-order valence-electron chi connectivity index (χ3n) is 13.9. The molecule has 0 aliphatic heterocycles. The van der Waals surface area contributed by atoms with Gasteiger partial charge in [0.25, 0.3) is 0 Å². The van der Waals surface area contributed by atoms with E-state index in [1.807, 2.05) is 60.7 Å². The number of benzene rings is 10. The van der Waals surface area contributed by atoms with Gasteiger partial charge in [-0.25, -0.2) is 15.0 Å². The van der Waals surface area contributed by atoms with Crippen LogP contribution in [0.15, 0.2) is 227 Å². The third kappa shape index (κ3) is 5.95. The number of hydrogen-bond donors (Lipinski definition) is 0. The number of hydrogen-bond acceptors (Lipinski definition) is 6. The molecule has 0 unspecified atom stereocenters. The molecule has 0 saturated carbocycles. The van der Waals surface area contributed by atoms with Crippen LogP contribution in [-0.2, 0) is 0 Å². The van der Waals surface area contributed by atoms with Gasteiger partial charge >= 0.3 is 0 Å². The number of aromatic nitrogens is 4. The minimum Gasteiger partial charge on any atom is -0.456 e. The van der Waals surface area contributed by atoms with Gasteiger partial charge in [-0.1, -0.05) is 146 Å². The Morgan fingerprint density at radius 3 is 1.81 bits per heavy atom. The predicted molar refractivity (Wildman–Crippen MR) is 289 cm³/mol. The smallest absolute Gasteiger partial charge is 0.164 e. The van der Waals surface area contributed by atoms with Crippen molar-refractivity contribution in [3.05, 3.63) is 218 Å². The van der Waals surface area contributed by atoms with E-state index in [9.17, 15) is 0 Å². The van der Waals surface area contributed by atoms with Crippen LogP contribution in [0, 0.1) is 0 Å². The van der Waals surface area contributed by atoms with Gasteiger partial charge in [-0.05, 0) is 89.5 Å². The topological polar surface area (TPSA) is 69.9 Å². The highest BCUT2D eigenvalue weighted by atomic mass is 32.1. The fraction of sp³-hybridized carbons (Fsp3) is 0. The van der Waals surface area contributed by atoms with E-state index in [2.05, 4.69) is 162 Å². The molecule has 0 fully saturated rings. The second-order valence-electron chi connectivity index (χ2n) is 17.9. The van der Waals surface area contributed by atoms with E-state index < -0.39 is 0 Å². The van der Waals surface area contributed by atoms with E-state index in [1.165, 1.54) is 21.0 Å². The largest absolute Gasteiger partial charge is 0.456 e. The zero-order chi connectivity index (χ0) is 45.9. The molecule has 7 heteroatoms. The number of rotatable bonds is 6. The Kier molecular flexibility index (Phi) is 8.43. The maximum absolute atomic E-state index is 6.91. The van der Waals surface area contributed by atoms with Crippen LogP contribution < -0.4 is 0 Å². The summed E-state index contributed by atoms with van der Waals surface area (Å²) in [4.78, 5) is 15.6. The first-order valence-electron chi connectivity index (χ1n) is 23.4. The predicted octanol–water partition coefficient (Wildman–Crippen LogP) is 17.5. The van der Waals surface area contributed by atoms with Crippen molar-refractivity contribution in [2.24, 2.45) is 0 Å². The first-order chi connectivity index (χ1) is 34.7. The molecule has 0 radical (unpaired) electrons. The summed E-state index contributed by atoms with van der Waals surface area (Å²) >= 11 is 1.78. The van der Waals surface area contributed by atoms with Crippen molar-refractivity contribution >= 4 is 97.2 Å². The monoisotopic (exact) mass is 912 g/mol. The van der Waals surface area contributed by atoms with Crippen molar-refractivity contribution in [3.63, 3.8) is 0 Å². The molecule has 70 heavy (non-hydrogen) atoms. The number of furan rings is 2. The molecule has 326 valence electrons. The van der Waals surface area contributed by atoms with Crippen LogP contribution in [-0.4, -0.2) is 19.5 Å². The van der Waals surface area contributed by atoms with E-state index in [0.29, 0.717) is 17.5 Å². The molecule has 6 nitrogen and oxygen atoms in total. The van der Waals surface area contributed by atoms with Gasteiger partial charge in [0.15, 0.2) is 17.5 Å². The summed E-state index contributed by atoms with van der Waals surface area (Å²) in [5.74, 6) is 1.80. The maximum atomic E-state index is 6.91. The summed E-state index contributed by atoms with van der Waals surface area (Å²) < 4.78 is 18.0. The second-order valence-corrected chi connectivity index (χ2v) is 18.9. The fourth-order valence-corrected chi connectivity index (χ4v) is 11.8. The van der Waals surface area contributed by atoms with Crippen LogP contribution in [0.5, 0.6) is 0 Å². The maximum Gasteiger partial charge on any atom is 0.164 e. The highest BCUT2D eigenvalue weighted by Gasteiger charge is 2.22. The summed E-state index contributed by atoms with van der Waals surface area (Å²) in [7, 11) is 0. The Hall–Kier alpha value is -9.17. The number of thiophene rings is 1. The molecule has 5 aromatic heterocycles. The van der Waals surface area contributed by atoms with E-state index in [1.54, 1.807) is 11.3 Å². The molecule has 10 aromatic carbocycles. The van der Waals surface area contributed by atoms with Gasteiger partial charge in [-0.3, -0.25) is 0 Å². The van der Waals surface area contributed by atoms with Crippen molar-refractivity contribution in [1.29, 1.82) is 0 Å². The van der Waals surface area contributed by atoms with Gasteiger partial charge in [0.05, 0.1) is 11.0 Å². The van der Waals surface area contributed by atoms with Crippen molar-refractivity contribution < 1.29 is 8.83 Å². The fourth-order valence-electron chi connectivity index (χ4n) is 10.7. The number of nitrogens with zero attached hydrogens (tertiary/aromatic N) is 4.